The molecule has 8 heteroatoms. The van der Waals surface area contributed by atoms with Crippen molar-refractivity contribution in [2.45, 2.75) is 12.1 Å². The van der Waals surface area contributed by atoms with Crippen LogP contribution in [0.25, 0.3) is 0 Å². The summed E-state index contributed by atoms with van der Waals surface area (Å²) in [6, 6.07) is -1.38. The molecule has 16 heavy (non-hydrogen) atoms. The summed E-state index contributed by atoms with van der Waals surface area (Å²) in [6.45, 7) is 3.23. The molecule has 0 unspecified atom stereocenters. The van der Waals surface area contributed by atoms with Gasteiger partial charge in [0.05, 0.1) is 18.7 Å². The van der Waals surface area contributed by atoms with Crippen molar-refractivity contribution in [3.8, 4) is 0 Å². The van der Waals surface area contributed by atoms with Crippen LogP contribution in [0.15, 0.2) is 12.2 Å². The van der Waals surface area contributed by atoms with Crippen molar-refractivity contribution in [2.75, 3.05) is 6.61 Å². The quantitative estimate of drug-likeness (QED) is 0.467. The van der Waals surface area contributed by atoms with Crippen LogP contribution in [0.5, 0.6) is 0 Å². The first-order valence-electron chi connectivity index (χ1n) is 4.41. The van der Waals surface area contributed by atoms with Crippen LogP contribution in [-0.4, -0.2) is 27.8 Å². The van der Waals surface area contributed by atoms with E-state index in [2.05, 4.69) is 16.8 Å². The number of hydrogen-bond donors (Lipinski definition) is 4. The Hall–Kier alpha value is -1.35. The zero-order chi connectivity index (χ0) is 12.3. The van der Waals surface area contributed by atoms with Crippen molar-refractivity contribution in [2.24, 2.45) is 17.2 Å². The fourth-order valence-corrected chi connectivity index (χ4v) is 1.78. The van der Waals surface area contributed by atoms with Gasteiger partial charge in [-0.25, -0.2) is 0 Å². The van der Waals surface area contributed by atoms with Crippen LogP contribution >= 0.6 is 11.3 Å². The fourth-order valence-electron chi connectivity index (χ4n) is 0.902. The predicted molar refractivity (Wildman–Crippen MR) is 59.2 cm³/mol. The summed E-state index contributed by atoms with van der Waals surface area (Å²) >= 11 is 1.12. The Balaban J connectivity index is 2.85. The van der Waals surface area contributed by atoms with E-state index in [1.54, 1.807) is 0 Å². The third-order valence-electron chi connectivity index (χ3n) is 1.93. The lowest BCUT2D eigenvalue weighted by Gasteiger charge is -2.07. The summed E-state index contributed by atoms with van der Waals surface area (Å²) in [5.41, 5.74) is 16.3. The minimum atomic E-state index is -0.783. The minimum Gasteiger partial charge on any atom is -0.394 e. The normalized spacial score (nSPS) is 14.4. The van der Waals surface area contributed by atoms with Gasteiger partial charge in [0.15, 0.2) is 0 Å². The van der Waals surface area contributed by atoms with E-state index in [0.717, 1.165) is 11.3 Å². The number of amides is 1. The number of primary amides is 1. The fraction of sp³-hybridized carbons (Fsp3) is 0.375. The number of rotatable bonds is 5. The Morgan fingerprint density at radius 1 is 1.44 bits per heavy atom. The van der Waals surface area contributed by atoms with Crippen molar-refractivity contribution >= 4 is 17.2 Å². The van der Waals surface area contributed by atoms with Crippen LogP contribution in [0.2, 0.25) is 0 Å². The van der Waals surface area contributed by atoms with E-state index in [-0.39, 0.29) is 12.2 Å². The summed E-state index contributed by atoms with van der Waals surface area (Å²) in [6.07, 6.45) is 0. The predicted octanol–water partition coefficient (Wildman–Crippen LogP) is -1.43. The average Bonchev–Trinajstić information content (AvgIpc) is 2.75. The van der Waals surface area contributed by atoms with E-state index in [9.17, 15) is 4.79 Å². The van der Waals surface area contributed by atoms with Gasteiger partial charge in [-0.2, -0.15) is 0 Å². The topological polar surface area (TPSA) is 141 Å². The lowest BCUT2D eigenvalue weighted by atomic mass is 10.1. The molecule has 88 valence electrons. The molecule has 0 aliphatic rings. The summed E-state index contributed by atoms with van der Waals surface area (Å²) in [4.78, 5) is 10.8. The number of nitrogens with zero attached hydrogens (tertiary/aromatic N) is 2. The molecule has 1 aromatic rings. The molecule has 0 aliphatic carbocycles. The maximum absolute atomic E-state index is 10.8. The SMILES string of the molecule is C=C(C(N)=O)[C@H](N)c1nnc([C@@H](N)CO)s1. The molecule has 0 spiro atoms. The van der Waals surface area contributed by atoms with Crippen LogP contribution < -0.4 is 17.2 Å². The van der Waals surface area contributed by atoms with E-state index in [0.29, 0.717) is 10.0 Å². The van der Waals surface area contributed by atoms with Gasteiger partial charge in [0.25, 0.3) is 0 Å². The first-order valence-corrected chi connectivity index (χ1v) is 5.23. The molecule has 1 heterocycles. The van der Waals surface area contributed by atoms with Gasteiger partial charge in [-0.05, 0) is 0 Å². The molecule has 1 rings (SSSR count). The van der Waals surface area contributed by atoms with Gasteiger partial charge in [-0.15, -0.1) is 10.2 Å². The van der Waals surface area contributed by atoms with Gasteiger partial charge in [0.1, 0.15) is 10.0 Å². The number of aliphatic hydroxyl groups is 1. The standard InChI is InChI=1S/C8H13N5O2S/c1-3(6(11)15)5(10)8-13-12-7(16-8)4(9)2-14/h4-5,14H,1-2,9-10H2,(H2,11,15)/t4-,5-/m0/s1. The molecule has 2 atom stereocenters. The Kier molecular flexibility index (Phi) is 4.07. The Bertz CT molecular complexity index is 405. The molecular formula is C8H13N5O2S. The van der Waals surface area contributed by atoms with Gasteiger partial charge >= 0.3 is 0 Å². The molecule has 7 nitrogen and oxygen atoms in total. The molecule has 0 radical (unpaired) electrons. The smallest absolute Gasteiger partial charge is 0.246 e. The molecule has 0 aromatic carbocycles. The summed E-state index contributed by atoms with van der Waals surface area (Å²) in [7, 11) is 0. The monoisotopic (exact) mass is 243 g/mol. The van der Waals surface area contributed by atoms with Crippen molar-refractivity contribution < 1.29 is 9.90 Å². The highest BCUT2D eigenvalue weighted by atomic mass is 32.1. The van der Waals surface area contributed by atoms with E-state index < -0.39 is 18.0 Å². The van der Waals surface area contributed by atoms with Crippen molar-refractivity contribution in [3.63, 3.8) is 0 Å². The van der Waals surface area contributed by atoms with Crippen molar-refractivity contribution in [3.05, 3.63) is 22.2 Å². The number of aliphatic hydroxyl groups excluding tert-OH is 1. The van der Waals surface area contributed by atoms with Crippen LogP contribution in [-0.2, 0) is 4.79 Å². The Morgan fingerprint density at radius 2 is 2.00 bits per heavy atom. The Labute approximate surface area is 96.0 Å². The van der Waals surface area contributed by atoms with E-state index in [4.69, 9.17) is 22.3 Å². The molecule has 0 fully saturated rings. The lowest BCUT2D eigenvalue weighted by molar-refractivity contribution is -0.114. The highest BCUT2D eigenvalue weighted by Gasteiger charge is 2.20. The molecule has 0 aliphatic heterocycles. The average molecular weight is 243 g/mol. The summed E-state index contributed by atoms with van der Waals surface area (Å²) < 4.78 is 0. The number of hydrogen-bond acceptors (Lipinski definition) is 7. The second kappa shape index (κ2) is 5.12. The van der Waals surface area contributed by atoms with Gasteiger partial charge in [-0.3, -0.25) is 4.79 Å². The lowest BCUT2D eigenvalue weighted by Crippen LogP contribution is -2.23. The third-order valence-corrected chi connectivity index (χ3v) is 3.07. The highest BCUT2D eigenvalue weighted by Crippen LogP contribution is 2.23. The van der Waals surface area contributed by atoms with Gasteiger partial charge < -0.3 is 22.3 Å². The molecule has 7 N–H and O–H groups in total. The maximum atomic E-state index is 10.8. The largest absolute Gasteiger partial charge is 0.394 e. The molecule has 1 aromatic heterocycles. The highest BCUT2D eigenvalue weighted by molar-refractivity contribution is 7.11. The molecule has 1 amide bonds. The number of nitrogens with two attached hydrogens (primary N) is 3. The van der Waals surface area contributed by atoms with Crippen LogP contribution in [0.4, 0.5) is 0 Å². The van der Waals surface area contributed by atoms with Crippen molar-refractivity contribution in [1.29, 1.82) is 0 Å². The number of aromatic nitrogens is 2. The molecule has 0 saturated heterocycles. The second-order valence-electron chi connectivity index (χ2n) is 3.13. The minimum absolute atomic E-state index is 0.0558. The summed E-state index contributed by atoms with van der Waals surface area (Å²) in [5, 5.41) is 17.2. The van der Waals surface area contributed by atoms with Gasteiger partial charge in [-0.1, -0.05) is 17.9 Å². The van der Waals surface area contributed by atoms with Gasteiger partial charge in [0.2, 0.25) is 5.91 Å². The van der Waals surface area contributed by atoms with Crippen LogP contribution in [0.1, 0.15) is 22.1 Å². The first-order chi connectivity index (χ1) is 7.47. The zero-order valence-corrected chi connectivity index (χ0v) is 9.28. The molecule has 0 saturated carbocycles. The first kappa shape index (κ1) is 12.7. The van der Waals surface area contributed by atoms with E-state index >= 15 is 0 Å². The third kappa shape index (κ3) is 2.61. The number of carbonyl (C=O) groups is 1. The van der Waals surface area contributed by atoms with E-state index in [1.807, 2.05) is 0 Å². The zero-order valence-electron chi connectivity index (χ0n) is 8.46. The second-order valence-corrected chi connectivity index (χ2v) is 4.18. The van der Waals surface area contributed by atoms with Crippen LogP contribution in [0, 0.1) is 0 Å². The van der Waals surface area contributed by atoms with Crippen LogP contribution in [0.3, 0.4) is 0 Å². The molecule has 0 bridgehead atoms. The van der Waals surface area contributed by atoms with Gasteiger partial charge in [0, 0.05) is 5.57 Å². The molecular weight excluding hydrogens is 230 g/mol. The van der Waals surface area contributed by atoms with E-state index in [1.165, 1.54) is 0 Å². The Morgan fingerprint density at radius 3 is 2.50 bits per heavy atom. The van der Waals surface area contributed by atoms with Crippen molar-refractivity contribution in [1.82, 2.24) is 10.2 Å². The summed E-state index contributed by atoms with van der Waals surface area (Å²) in [5.74, 6) is -0.685. The maximum Gasteiger partial charge on any atom is 0.246 e. The number of carbonyl (C=O) groups excluding carboxylic acids is 1.